The third kappa shape index (κ3) is 4.27. The van der Waals surface area contributed by atoms with E-state index in [1.165, 1.54) is 0 Å². The van der Waals surface area contributed by atoms with Crippen molar-refractivity contribution in [3.05, 3.63) is 0 Å². The van der Waals surface area contributed by atoms with Crippen LogP contribution in [0.2, 0.25) is 0 Å². The molecule has 0 fully saturated rings. The Balaban J connectivity index is 2.63. The van der Waals surface area contributed by atoms with Gasteiger partial charge in [0.1, 0.15) is 0 Å². The Morgan fingerprint density at radius 2 is 2.50 bits per heavy atom. The second-order valence-corrected chi connectivity index (χ2v) is 2.14. The van der Waals surface area contributed by atoms with Gasteiger partial charge in [-0.15, -0.1) is 0 Å². The quantitative estimate of drug-likeness (QED) is 0.258. The van der Waals surface area contributed by atoms with E-state index in [9.17, 15) is 0 Å². The van der Waals surface area contributed by atoms with Crippen LogP contribution < -0.4 is 11.3 Å². The highest BCUT2D eigenvalue weighted by Crippen LogP contribution is 1.85. The molecule has 0 aliphatic carbocycles. The predicted molar refractivity (Wildman–Crippen MR) is 30.6 cm³/mol. The zero-order chi connectivity index (χ0) is 4.99. The van der Waals surface area contributed by atoms with Crippen molar-refractivity contribution in [1.82, 2.24) is 5.43 Å². The lowest BCUT2D eigenvalue weighted by atomic mass is 10.5. The largest absolute Gasteiger partial charge is 0.271 e. The summed E-state index contributed by atoms with van der Waals surface area (Å²) >= 11 is 4.04. The molecular formula is C3H10N2S. The smallest absolute Gasteiger partial charge is 0.0212 e. The molecule has 0 heterocycles. The van der Waals surface area contributed by atoms with Gasteiger partial charge in [-0.25, -0.2) is 0 Å². The fourth-order valence-electron chi connectivity index (χ4n) is 0.171. The van der Waals surface area contributed by atoms with Gasteiger partial charge in [-0.2, -0.15) is 12.6 Å². The average Bonchev–Trinajstić information content (AvgIpc) is 1.35. The molecule has 38 valence electrons. The molecule has 1 atom stereocenters. The van der Waals surface area contributed by atoms with Crippen LogP contribution in [-0.2, 0) is 0 Å². The van der Waals surface area contributed by atoms with Gasteiger partial charge >= 0.3 is 0 Å². The van der Waals surface area contributed by atoms with Crippen molar-refractivity contribution in [3.8, 4) is 0 Å². The lowest BCUT2D eigenvalue weighted by Crippen LogP contribution is -2.27. The van der Waals surface area contributed by atoms with Crippen molar-refractivity contribution < 1.29 is 0 Å². The summed E-state index contributed by atoms with van der Waals surface area (Å²) in [6.07, 6.45) is 0. The first kappa shape index (κ1) is 6.27. The van der Waals surface area contributed by atoms with E-state index in [1.54, 1.807) is 0 Å². The minimum atomic E-state index is 0.356. The van der Waals surface area contributed by atoms with Crippen LogP contribution >= 0.6 is 12.6 Å². The highest BCUT2D eigenvalue weighted by atomic mass is 32.1. The fourth-order valence-corrected chi connectivity index (χ4v) is 0.276. The Hall–Kier alpha value is 0.270. The van der Waals surface area contributed by atoms with Gasteiger partial charge < -0.3 is 0 Å². The maximum atomic E-state index is 4.93. The zero-order valence-electron chi connectivity index (χ0n) is 3.81. The molecule has 0 aromatic heterocycles. The summed E-state index contributed by atoms with van der Waals surface area (Å²) in [5, 5.41) is 0.356. The van der Waals surface area contributed by atoms with Gasteiger partial charge in [-0.1, -0.05) is 6.92 Å². The summed E-state index contributed by atoms with van der Waals surface area (Å²) in [4.78, 5) is 0. The number of nitrogens with two attached hydrogens (primary N) is 1. The standard InChI is InChI=1S/C3H10N2S/c1-3(6)2-5-4/h3,5-6H,2,4H2,1H3/t3-/m1/s1. The molecule has 0 aromatic rings. The monoisotopic (exact) mass is 106 g/mol. The van der Waals surface area contributed by atoms with E-state index in [1.807, 2.05) is 6.92 Å². The van der Waals surface area contributed by atoms with Crippen LogP contribution in [0.3, 0.4) is 0 Å². The van der Waals surface area contributed by atoms with E-state index in [-0.39, 0.29) is 0 Å². The van der Waals surface area contributed by atoms with Gasteiger partial charge in [0, 0.05) is 11.8 Å². The van der Waals surface area contributed by atoms with Gasteiger partial charge in [0.2, 0.25) is 0 Å². The number of rotatable bonds is 2. The normalized spacial score (nSPS) is 14.5. The van der Waals surface area contributed by atoms with Crippen LogP contribution in [-0.4, -0.2) is 11.8 Å². The molecule has 2 nitrogen and oxygen atoms in total. The van der Waals surface area contributed by atoms with Gasteiger partial charge in [-0.3, -0.25) is 11.3 Å². The summed E-state index contributed by atoms with van der Waals surface area (Å²) in [5.41, 5.74) is 2.49. The molecule has 0 aromatic carbocycles. The molecule has 0 aliphatic rings. The van der Waals surface area contributed by atoms with Crippen molar-refractivity contribution in [3.63, 3.8) is 0 Å². The minimum absolute atomic E-state index is 0.356. The molecule has 0 bridgehead atoms. The van der Waals surface area contributed by atoms with Crippen molar-refractivity contribution in [1.29, 1.82) is 0 Å². The summed E-state index contributed by atoms with van der Waals surface area (Å²) < 4.78 is 0. The molecular weight excluding hydrogens is 96.1 g/mol. The van der Waals surface area contributed by atoms with Gasteiger partial charge in [0.25, 0.3) is 0 Å². The molecule has 0 aliphatic heterocycles. The number of hydrogen-bond acceptors (Lipinski definition) is 3. The maximum Gasteiger partial charge on any atom is 0.0212 e. The van der Waals surface area contributed by atoms with Crippen LogP contribution in [0.4, 0.5) is 0 Å². The number of hydrogen-bond donors (Lipinski definition) is 3. The molecule has 6 heavy (non-hydrogen) atoms. The van der Waals surface area contributed by atoms with E-state index < -0.39 is 0 Å². The predicted octanol–water partition coefficient (Wildman–Crippen LogP) is -0.232. The number of nitrogens with one attached hydrogen (secondary N) is 1. The van der Waals surface area contributed by atoms with Crippen molar-refractivity contribution >= 4 is 12.6 Å². The third-order valence-corrected chi connectivity index (χ3v) is 0.596. The first-order valence-electron chi connectivity index (χ1n) is 1.89. The Bertz CT molecular complexity index is 30.0. The van der Waals surface area contributed by atoms with Crippen LogP contribution in [0, 0.1) is 0 Å². The first-order chi connectivity index (χ1) is 2.77. The Morgan fingerprint density at radius 1 is 2.00 bits per heavy atom. The molecule has 0 rings (SSSR count). The van der Waals surface area contributed by atoms with E-state index in [2.05, 4.69) is 18.1 Å². The van der Waals surface area contributed by atoms with E-state index >= 15 is 0 Å². The maximum absolute atomic E-state index is 4.93. The summed E-state index contributed by atoms with van der Waals surface area (Å²) in [6.45, 7) is 2.74. The molecule has 0 unspecified atom stereocenters. The second-order valence-electron chi connectivity index (χ2n) is 1.26. The zero-order valence-corrected chi connectivity index (χ0v) is 4.70. The Morgan fingerprint density at radius 3 is 2.50 bits per heavy atom. The summed E-state index contributed by atoms with van der Waals surface area (Å²) in [6, 6.07) is 0. The molecule has 3 heteroatoms. The lowest BCUT2D eigenvalue weighted by Gasteiger charge is -1.97. The molecule has 0 saturated carbocycles. The molecule has 0 spiro atoms. The topological polar surface area (TPSA) is 38.0 Å². The SMILES string of the molecule is C[C@@H](S)CNN. The van der Waals surface area contributed by atoms with Crippen LogP contribution in [0.25, 0.3) is 0 Å². The summed E-state index contributed by atoms with van der Waals surface area (Å²) in [5.74, 6) is 4.93. The average molecular weight is 106 g/mol. The van der Waals surface area contributed by atoms with Crippen molar-refractivity contribution in [2.75, 3.05) is 6.54 Å². The van der Waals surface area contributed by atoms with Gasteiger partial charge in [0.05, 0.1) is 0 Å². The highest BCUT2D eigenvalue weighted by molar-refractivity contribution is 7.80. The van der Waals surface area contributed by atoms with E-state index in [0.717, 1.165) is 6.54 Å². The van der Waals surface area contributed by atoms with Crippen molar-refractivity contribution in [2.24, 2.45) is 5.84 Å². The van der Waals surface area contributed by atoms with E-state index in [4.69, 9.17) is 5.84 Å². The Kier molecular flexibility index (Phi) is 3.62. The molecule has 0 radical (unpaired) electrons. The third-order valence-electron chi connectivity index (χ3n) is 0.413. The minimum Gasteiger partial charge on any atom is -0.271 e. The summed E-state index contributed by atoms with van der Waals surface area (Å²) in [7, 11) is 0. The van der Waals surface area contributed by atoms with Crippen LogP contribution in [0.5, 0.6) is 0 Å². The lowest BCUT2D eigenvalue weighted by molar-refractivity contribution is 0.727. The Labute approximate surface area is 43.5 Å². The van der Waals surface area contributed by atoms with Gasteiger partial charge in [-0.05, 0) is 0 Å². The molecule has 0 amide bonds. The van der Waals surface area contributed by atoms with Crippen molar-refractivity contribution in [2.45, 2.75) is 12.2 Å². The number of thiol groups is 1. The van der Waals surface area contributed by atoms with Gasteiger partial charge in [0.15, 0.2) is 0 Å². The van der Waals surface area contributed by atoms with E-state index in [0.29, 0.717) is 5.25 Å². The first-order valence-corrected chi connectivity index (χ1v) is 2.40. The number of hydrazine groups is 1. The fraction of sp³-hybridized carbons (Fsp3) is 1.00. The second kappa shape index (κ2) is 3.46. The molecule has 3 N–H and O–H groups in total. The van der Waals surface area contributed by atoms with Crippen LogP contribution in [0.1, 0.15) is 6.92 Å². The van der Waals surface area contributed by atoms with Crippen LogP contribution in [0.15, 0.2) is 0 Å². The molecule has 0 saturated heterocycles. The highest BCUT2D eigenvalue weighted by Gasteiger charge is 1.85.